The second kappa shape index (κ2) is 5.32. The van der Waals surface area contributed by atoms with Gasteiger partial charge in [0.15, 0.2) is 0 Å². The summed E-state index contributed by atoms with van der Waals surface area (Å²) < 4.78 is 4.56. The van der Waals surface area contributed by atoms with Gasteiger partial charge in [0.1, 0.15) is 0 Å². The highest BCUT2D eigenvalue weighted by atomic mass is 16.5. The third-order valence-electron chi connectivity index (χ3n) is 3.33. The molecule has 0 aromatic carbocycles. The van der Waals surface area contributed by atoms with E-state index in [4.69, 9.17) is 0 Å². The number of nitrogens with one attached hydrogen (secondary N) is 1. The number of carbonyl (C=O) groups excluding carboxylic acids is 2. The zero-order valence-corrected chi connectivity index (χ0v) is 10.3. The number of hydrogen-bond donors (Lipinski definition) is 1. The molecule has 1 aliphatic carbocycles. The van der Waals surface area contributed by atoms with E-state index in [1.54, 1.807) is 0 Å². The van der Waals surface area contributed by atoms with Gasteiger partial charge in [-0.3, -0.25) is 9.59 Å². The van der Waals surface area contributed by atoms with E-state index < -0.39 is 0 Å². The molecule has 0 aromatic heterocycles. The molecule has 0 spiro atoms. The molecule has 1 aliphatic rings. The average molecular weight is 227 g/mol. The van der Waals surface area contributed by atoms with Gasteiger partial charge in [-0.05, 0) is 19.8 Å². The van der Waals surface area contributed by atoms with Crippen molar-refractivity contribution in [2.75, 3.05) is 7.11 Å². The Kier molecular flexibility index (Phi) is 4.33. The maximum absolute atomic E-state index is 12.0. The molecule has 0 radical (unpaired) electrons. The normalized spacial score (nSPS) is 20.2. The molecular weight excluding hydrogens is 206 g/mol. The van der Waals surface area contributed by atoms with Gasteiger partial charge in [0.2, 0.25) is 5.91 Å². The molecule has 4 nitrogen and oxygen atoms in total. The SMILES string of the molecule is COC(=O)C[C@@H](C)NC(=O)C1(C)CCCC1. The molecule has 0 saturated heterocycles. The molecule has 1 N–H and O–H groups in total. The Bertz CT molecular complexity index is 269. The van der Waals surface area contributed by atoms with Crippen LogP contribution in [-0.2, 0) is 14.3 Å². The monoisotopic (exact) mass is 227 g/mol. The van der Waals surface area contributed by atoms with E-state index in [2.05, 4.69) is 10.1 Å². The first-order valence-corrected chi connectivity index (χ1v) is 5.86. The van der Waals surface area contributed by atoms with Crippen LogP contribution < -0.4 is 5.32 Å². The molecule has 1 atom stereocenters. The van der Waals surface area contributed by atoms with Crippen LogP contribution in [0.5, 0.6) is 0 Å². The number of methoxy groups -OCH3 is 1. The third kappa shape index (κ3) is 3.22. The lowest BCUT2D eigenvalue weighted by atomic mass is 9.87. The summed E-state index contributed by atoms with van der Waals surface area (Å²) in [6.07, 6.45) is 4.37. The first-order chi connectivity index (χ1) is 7.48. The van der Waals surface area contributed by atoms with Crippen molar-refractivity contribution >= 4 is 11.9 Å². The van der Waals surface area contributed by atoms with Crippen molar-refractivity contribution in [3.05, 3.63) is 0 Å². The van der Waals surface area contributed by atoms with Crippen LogP contribution in [0.25, 0.3) is 0 Å². The predicted octanol–water partition coefficient (Wildman–Crippen LogP) is 1.63. The molecule has 0 bridgehead atoms. The van der Waals surface area contributed by atoms with Crippen LogP contribution in [-0.4, -0.2) is 25.0 Å². The Morgan fingerprint density at radius 2 is 1.94 bits per heavy atom. The number of esters is 1. The van der Waals surface area contributed by atoms with E-state index in [1.807, 2.05) is 13.8 Å². The first kappa shape index (κ1) is 13.0. The summed E-state index contributed by atoms with van der Waals surface area (Å²) in [5, 5.41) is 2.89. The molecule has 0 unspecified atom stereocenters. The van der Waals surface area contributed by atoms with Gasteiger partial charge < -0.3 is 10.1 Å². The lowest BCUT2D eigenvalue weighted by Gasteiger charge is -2.24. The van der Waals surface area contributed by atoms with Crippen molar-refractivity contribution in [1.82, 2.24) is 5.32 Å². The second-order valence-electron chi connectivity index (χ2n) is 4.92. The Balaban J connectivity index is 2.41. The van der Waals surface area contributed by atoms with Crippen molar-refractivity contribution in [3.8, 4) is 0 Å². The number of rotatable bonds is 4. The van der Waals surface area contributed by atoms with Crippen molar-refractivity contribution in [2.24, 2.45) is 5.41 Å². The third-order valence-corrected chi connectivity index (χ3v) is 3.33. The lowest BCUT2D eigenvalue weighted by molar-refractivity contribution is -0.141. The van der Waals surface area contributed by atoms with Crippen LogP contribution >= 0.6 is 0 Å². The van der Waals surface area contributed by atoms with Crippen LogP contribution in [0.3, 0.4) is 0 Å². The Hall–Kier alpha value is -1.06. The molecule has 92 valence electrons. The lowest BCUT2D eigenvalue weighted by Crippen LogP contribution is -2.42. The summed E-state index contributed by atoms with van der Waals surface area (Å²) >= 11 is 0. The van der Waals surface area contributed by atoms with Gasteiger partial charge in [-0.2, -0.15) is 0 Å². The number of ether oxygens (including phenoxy) is 1. The van der Waals surface area contributed by atoms with E-state index in [0.717, 1.165) is 25.7 Å². The molecule has 1 amide bonds. The summed E-state index contributed by atoms with van der Waals surface area (Å²) in [6.45, 7) is 3.83. The zero-order valence-electron chi connectivity index (χ0n) is 10.3. The smallest absolute Gasteiger partial charge is 0.307 e. The van der Waals surface area contributed by atoms with Crippen molar-refractivity contribution in [2.45, 2.75) is 52.0 Å². The first-order valence-electron chi connectivity index (χ1n) is 5.86. The highest BCUT2D eigenvalue weighted by molar-refractivity contribution is 5.83. The van der Waals surface area contributed by atoms with Gasteiger partial charge in [0.25, 0.3) is 0 Å². The largest absolute Gasteiger partial charge is 0.469 e. The minimum absolute atomic E-state index is 0.0707. The average Bonchev–Trinajstić information content (AvgIpc) is 2.66. The topological polar surface area (TPSA) is 55.4 Å². The molecule has 1 saturated carbocycles. The van der Waals surface area contributed by atoms with Gasteiger partial charge in [-0.1, -0.05) is 19.8 Å². The van der Waals surface area contributed by atoms with Gasteiger partial charge in [0.05, 0.1) is 13.5 Å². The fourth-order valence-electron chi connectivity index (χ4n) is 2.16. The minimum atomic E-state index is -0.288. The number of amides is 1. The van der Waals surface area contributed by atoms with E-state index in [9.17, 15) is 9.59 Å². The zero-order chi connectivity index (χ0) is 12.2. The van der Waals surface area contributed by atoms with Crippen LogP contribution in [0, 0.1) is 5.41 Å². The molecule has 1 rings (SSSR count). The van der Waals surface area contributed by atoms with Crippen molar-refractivity contribution in [3.63, 3.8) is 0 Å². The summed E-state index contributed by atoms with van der Waals surface area (Å²) in [5.41, 5.74) is -0.232. The molecule has 1 fully saturated rings. The summed E-state index contributed by atoms with van der Waals surface area (Å²) in [6, 6.07) is -0.155. The molecule has 0 heterocycles. The van der Waals surface area contributed by atoms with Crippen LogP contribution in [0.15, 0.2) is 0 Å². The van der Waals surface area contributed by atoms with Gasteiger partial charge in [-0.15, -0.1) is 0 Å². The number of hydrogen-bond acceptors (Lipinski definition) is 3. The fraction of sp³-hybridized carbons (Fsp3) is 0.833. The highest BCUT2D eigenvalue weighted by Crippen LogP contribution is 2.37. The number of carbonyl (C=O) groups is 2. The molecule has 0 aromatic rings. The molecular formula is C12H21NO3. The maximum Gasteiger partial charge on any atom is 0.307 e. The quantitative estimate of drug-likeness (QED) is 0.743. The van der Waals surface area contributed by atoms with Crippen LogP contribution in [0.2, 0.25) is 0 Å². The highest BCUT2D eigenvalue weighted by Gasteiger charge is 2.36. The molecule has 0 aliphatic heterocycles. The molecule has 16 heavy (non-hydrogen) atoms. The van der Waals surface area contributed by atoms with Crippen LogP contribution in [0.1, 0.15) is 46.0 Å². The van der Waals surface area contributed by atoms with Crippen molar-refractivity contribution < 1.29 is 14.3 Å². The molecule has 4 heteroatoms. The summed E-state index contributed by atoms with van der Waals surface area (Å²) in [4.78, 5) is 23.0. The van der Waals surface area contributed by atoms with E-state index in [0.29, 0.717) is 0 Å². The minimum Gasteiger partial charge on any atom is -0.469 e. The standard InChI is InChI=1S/C12H21NO3/c1-9(8-10(14)16-3)13-11(15)12(2)6-4-5-7-12/h9H,4-8H2,1-3H3,(H,13,15)/t9-/m1/s1. The fourth-order valence-corrected chi connectivity index (χ4v) is 2.16. The predicted molar refractivity (Wildman–Crippen MR) is 60.8 cm³/mol. The van der Waals surface area contributed by atoms with Gasteiger partial charge in [-0.25, -0.2) is 0 Å². The van der Waals surface area contributed by atoms with Gasteiger partial charge in [0, 0.05) is 11.5 Å². The Morgan fingerprint density at radius 3 is 2.44 bits per heavy atom. The van der Waals surface area contributed by atoms with E-state index >= 15 is 0 Å². The van der Waals surface area contributed by atoms with E-state index in [-0.39, 0.29) is 29.8 Å². The maximum atomic E-state index is 12.0. The van der Waals surface area contributed by atoms with Gasteiger partial charge >= 0.3 is 5.97 Å². The van der Waals surface area contributed by atoms with Crippen LogP contribution in [0.4, 0.5) is 0 Å². The Labute approximate surface area is 96.7 Å². The Morgan fingerprint density at radius 1 is 1.38 bits per heavy atom. The summed E-state index contributed by atoms with van der Waals surface area (Å²) in [7, 11) is 1.36. The second-order valence-corrected chi connectivity index (χ2v) is 4.92. The van der Waals surface area contributed by atoms with Crippen molar-refractivity contribution in [1.29, 1.82) is 0 Å². The summed E-state index contributed by atoms with van der Waals surface area (Å²) in [5.74, 6) is -0.217. The van der Waals surface area contributed by atoms with E-state index in [1.165, 1.54) is 7.11 Å².